The van der Waals surface area contributed by atoms with Gasteiger partial charge >= 0.3 is 0 Å². The standard InChI is InChI=1S/C13H19NO4S/c1-4-19(16,17)18-10-13(15)14(11(2)3)12-8-6-5-7-9-12/h5-9,11H,4,10H2,1-3H3. The lowest BCUT2D eigenvalue weighted by atomic mass is 10.2. The van der Waals surface area contributed by atoms with Crippen molar-refractivity contribution in [2.75, 3.05) is 17.3 Å². The van der Waals surface area contributed by atoms with Crippen LogP contribution in [0.25, 0.3) is 0 Å². The first-order chi connectivity index (χ1) is 8.87. The zero-order valence-corrected chi connectivity index (χ0v) is 12.2. The molecule has 0 heterocycles. The summed E-state index contributed by atoms with van der Waals surface area (Å²) in [6.07, 6.45) is 0. The third-order valence-corrected chi connectivity index (χ3v) is 3.72. The van der Waals surface area contributed by atoms with Gasteiger partial charge in [-0.05, 0) is 32.9 Å². The van der Waals surface area contributed by atoms with E-state index >= 15 is 0 Å². The minimum absolute atomic E-state index is 0.0807. The Labute approximate surface area is 114 Å². The summed E-state index contributed by atoms with van der Waals surface area (Å²) in [6, 6.07) is 9.01. The normalized spacial score (nSPS) is 11.6. The molecule has 0 unspecified atom stereocenters. The molecule has 0 saturated carbocycles. The average Bonchev–Trinajstić information content (AvgIpc) is 2.37. The van der Waals surface area contributed by atoms with E-state index in [9.17, 15) is 13.2 Å². The van der Waals surface area contributed by atoms with E-state index in [0.29, 0.717) is 0 Å². The second-order valence-electron chi connectivity index (χ2n) is 4.30. The summed E-state index contributed by atoms with van der Waals surface area (Å²) in [7, 11) is -3.60. The molecule has 1 aromatic carbocycles. The van der Waals surface area contributed by atoms with Crippen molar-refractivity contribution in [1.82, 2.24) is 0 Å². The summed E-state index contributed by atoms with van der Waals surface area (Å²) >= 11 is 0. The molecule has 1 amide bonds. The number of rotatable bonds is 6. The van der Waals surface area contributed by atoms with Gasteiger partial charge in [0.2, 0.25) is 0 Å². The van der Waals surface area contributed by atoms with Crippen LogP contribution in [0.5, 0.6) is 0 Å². The molecular formula is C13H19NO4S. The van der Waals surface area contributed by atoms with E-state index in [1.165, 1.54) is 11.8 Å². The van der Waals surface area contributed by atoms with Gasteiger partial charge in [-0.3, -0.25) is 8.98 Å². The van der Waals surface area contributed by atoms with Gasteiger partial charge in [-0.2, -0.15) is 8.42 Å². The van der Waals surface area contributed by atoms with E-state index in [1.54, 1.807) is 12.1 Å². The fraction of sp³-hybridized carbons (Fsp3) is 0.462. The zero-order valence-electron chi connectivity index (χ0n) is 11.4. The molecule has 0 bridgehead atoms. The third-order valence-electron chi connectivity index (χ3n) is 2.53. The fourth-order valence-electron chi connectivity index (χ4n) is 1.61. The molecule has 5 nitrogen and oxygen atoms in total. The highest BCUT2D eigenvalue weighted by Gasteiger charge is 2.21. The van der Waals surface area contributed by atoms with Crippen molar-refractivity contribution in [2.45, 2.75) is 26.8 Å². The summed E-state index contributed by atoms with van der Waals surface area (Å²) in [5.74, 6) is -0.522. The van der Waals surface area contributed by atoms with Crippen LogP contribution in [0, 0.1) is 0 Å². The van der Waals surface area contributed by atoms with Gasteiger partial charge in [0.1, 0.15) is 6.61 Å². The fourth-order valence-corrected chi connectivity index (χ4v) is 2.06. The van der Waals surface area contributed by atoms with Gasteiger partial charge in [-0.25, -0.2) is 0 Å². The van der Waals surface area contributed by atoms with Gasteiger partial charge in [0, 0.05) is 11.7 Å². The highest BCUT2D eigenvalue weighted by atomic mass is 32.2. The lowest BCUT2D eigenvalue weighted by Crippen LogP contribution is -2.40. The summed E-state index contributed by atoms with van der Waals surface area (Å²) in [6.45, 7) is 4.72. The smallest absolute Gasteiger partial charge is 0.267 e. The maximum absolute atomic E-state index is 12.1. The van der Waals surface area contributed by atoms with E-state index in [-0.39, 0.29) is 17.7 Å². The monoisotopic (exact) mass is 285 g/mol. The van der Waals surface area contributed by atoms with Gasteiger partial charge in [0.15, 0.2) is 0 Å². The van der Waals surface area contributed by atoms with Crippen LogP contribution < -0.4 is 4.90 Å². The second-order valence-corrected chi connectivity index (χ2v) is 6.23. The average molecular weight is 285 g/mol. The minimum atomic E-state index is -3.60. The Morgan fingerprint density at radius 2 is 1.84 bits per heavy atom. The molecule has 0 saturated heterocycles. The van der Waals surface area contributed by atoms with E-state index in [0.717, 1.165) is 5.69 Å². The van der Waals surface area contributed by atoms with Crippen LogP contribution in [-0.2, 0) is 19.1 Å². The molecule has 0 aromatic heterocycles. The molecule has 0 radical (unpaired) electrons. The van der Waals surface area contributed by atoms with E-state index in [4.69, 9.17) is 0 Å². The molecule has 0 fully saturated rings. The number of hydrogen-bond donors (Lipinski definition) is 0. The predicted octanol–water partition coefficient (Wildman–Crippen LogP) is 1.79. The van der Waals surface area contributed by atoms with Crippen LogP contribution in [0.15, 0.2) is 30.3 Å². The van der Waals surface area contributed by atoms with Crippen LogP contribution in [0.1, 0.15) is 20.8 Å². The van der Waals surface area contributed by atoms with Gasteiger partial charge in [-0.1, -0.05) is 18.2 Å². The molecule has 0 aliphatic carbocycles. The highest BCUT2D eigenvalue weighted by molar-refractivity contribution is 7.86. The topological polar surface area (TPSA) is 63.7 Å². The Morgan fingerprint density at radius 3 is 2.32 bits per heavy atom. The van der Waals surface area contributed by atoms with Gasteiger partial charge in [0.25, 0.3) is 16.0 Å². The van der Waals surface area contributed by atoms with Crippen molar-refractivity contribution >= 4 is 21.7 Å². The molecule has 0 N–H and O–H groups in total. The maximum atomic E-state index is 12.1. The number of amides is 1. The lowest BCUT2D eigenvalue weighted by molar-refractivity contribution is -0.120. The summed E-state index contributed by atoms with van der Waals surface area (Å²) in [5.41, 5.74) is 0.722. The molecular weight excluding hydrogens is 266 g/mol. The number of benzene rings is 1. The van der Waals surface area contributed by atoms with Crippen LogP contribution in [-0.4, -0.2) is 32.7 Å². The van der Waals surface area contributed by atoms with Crippen LogP contribution in [0.3, 0.4) is 0 Å². The van der Waals surface area contributed by atoms with E-state index in [1.807, 2.05) is 32.0 Å². The lowest BCUT2D eigenvalue weighted by Gasteiger charge is -2.26. The molecule has 0 atom stereocenters. The molecule has 19 heavy (non-hydrogen) atoms. The number of carbonyl (C=O) groups is 1. The molecule has 0 spiro atoms. The number of anilines is 1. The third kappa shape index (κ3) is 4.65. The van der Waals surface area contributed by atoms with Crippen molar-refractivity contribution in [3.05, 3.63) is 30.3 Å². The van der Waals surface area contributed by atoms with Crippen LogP contribution in [0.4, 0.5) is 5.69 Å². The first kappa shape index (κ1) is 15.7. The SMILES string of the molecule is CCS(=O)(=O)OCC(=O)N(c1ccccc1)C(C)C. The van der Waals surface area contributed by atoms with Gasteiger partial charge in [-0.15, -0.1) is 0 Å². The Bertz CT molecular complexity index is 511. The van der Waals surface area contributed by atoms with Crippen molar-refractivity contribution in [1.29, 1.82) is 0 Å². The summed E-state index contributed by atoms with van der Waals surface area (Å²) in [4.78, 5) is 13.6. The molecule has 6 heteroatoms. The number of carbonyl (C=O) groups excluding carboxylic acids is 1. The van der Waals surface area contributed by atoms with Gasteiger partial charge in [0.05, 0.1) is 5.75 Å². The summed E-state index contributed by atoms with van der Waals surface area (Å²) in [5, 5.41) is 0. The van der Waals surface area contributed by atoms with Crippen molar-refractivity contribution in [3.8, 4) is 0 Å². The molecule has 1 aromatic rings. The van der Waals surface area contributed by atoms with Crippen molar-refractivity contribution in [2.24, 2.45) is 0 Å². The number of nitrogens with zero attached hydrogens (tertiary/aromatic N) is 1. The number of para-hydroxylation sites is 1. The van der Waals surface area contributed by atoms with Crippen LogP contribution in [0.2, 0.25) is 0 Å². The minimum Gasteiger partial charge on any atom is -0.308 e. The highest BCUT2D eigenvalue weighted by Crippen LogP contribution is 2.16. The maximum Gasteiger partial charge on any atom is 0.267 e. The molecule has 106 valence electrons. The Balaban J connectivity index is 2.81. The Morgan fingerprint density at radius 1 is 1.26 bits per heavy atom. The van der Waals surface area contributed by atoms with E-state index in [2.05, 4.69) is 4.18 Å². The quantitative estimate of drug-likeness (QED) is 0.748. The van der Waals surface area contributed by atoms with Crippen LogP contribution >= 0.6 is 0 Å². The summed E-state index contributed by atoms with van der Waals surface area (Å²) < 4.78 is 27.2. The first-order valence-electron chi connectivity index (χ1n) is 6.11. The Hall–Kier alpha value is -1.40. The Kier molecular flexibility index (Phi) is 5.50. The number of hydrogen-bond acceptors (Lipinski definition) is 4. The molecule has 0 aliphatic heterocycles. The second kappa shape index (κ2) is 6.68. The van der Waals surface area contributed by atoms with Crippen molar-refractivity contribution in [3.63, 3.8) is 0 Å². The van der Waals surface area contributed by atoms with Crippen molar-refractivity contribution < 1.29 is 17.4 Å². The van der Waals surface area contributed by atoms with E-state index < -0.39 is 16.7 Å². The first-order valence-corrected chi connectivity index (χ1v) is 7.69. The zero-order chi connectivity index (χ0) is 14.5. The largest absolute Gasteiger partial charge is 0.308 e. The predicted molar refractivity (Wildman–Crippen MR) is 74.5 cm³/mol. The molecule has 0 aliphatic rings. The molecule has 1 rings (SSSR count). The van der Waals surface area contributed by atoms with Gasteiger partial charge < -0.3 is 4.90 Å².